The summed E-state index contributed by atoms with van der Waals surface area (Å²) in [4.78, 5) is 24.7. The number of benzene rings is 3. The smallest absolute Gasteiger partial charge is 0.338 e. The Kier molecular flexibility index (Phi) is 7.46. The van der Waals surface area contributed by atoms with Crippen molar-refractivity contribution in [3.63, 3.8) is 0 Å². The maximum absolute atomic E-state index is 12.5. The average molecular weight is 425 g/mol. The molecule has 0 spiro atoms. The average Bonchev–Trinajstić information content (AvgIpc) is 2.78. The molecular weight excluding hydrogens is 404 g/mol. The molecule has 30 heavy (non-hydrogen) atoms. The normalized spacial score (nSPS) is 10.3. The molecule has 0 bridgehead atoms. The second-order valence-corrected chi connectivity index (χ2v) is 6.77. The minimum atomic E-state index is -0.672. The number of ketones is 1. The van der Waals surface area contributed by atoms with Crippen molar-refractivity contribution in [3.8, 4) is 11.5 Å². The lowest BCUT2D eigenvalue weighted by atomic mass is 10.1. The van der Waals surface area contributed by atoms with Crippen LogP contribution in [0.1, 0.15) is 33.2 Å². The Bertz CT molecular complexity index is 1000. The number of rotatable bonds is 9. The summed E-state index contributed by atoms with van der Waals surface area (Å²) in [7, 11) is 0. The fourth-order valence-electron chi connectivity index (χ4n) is 2.73. The van der Waals surface area contributed by atoms with E-state index < -0.39 is 5.97 Å². The summed E-state index contributed by atoms with van der Waals surface area (Å²) in [6, 6.07) is 21.2. The predicted molar refractivity (Wildman–Crippen MR) is 114 cm³/mol. The number of Topliss-reactive ketones (excluding diaryl/α,β-unsaturated/α-hetero) is 1. The molecule has 0 N–H and O–H groups in total. The van der Waals surface area contributed by atoms with Gasteiger partial charge in [-0.15, -0.1) is 0 Å². The first kappa shape index (κ1) is 21.4. The first-order valence-corrected chi connectivity index (χ1v) is 9.84. The van der Waals surface area contributed by atoms with E-state index in [0.29, 0.717) is 23.7 Å². The highest BCUT2D eigenvalue weighted by Gasteiger charge is 2.18. The summed E-state index contributed by atoms with van der Waals surface area (Å²) in [5, 5.41) is 0.226. The van der Waals surface area contributed by atoms with E-state index in [0.717, 1.165) is 5.56 Å². The molecule has 0 saturated carbocycles. The predicted octanol–water partition coefficient (Wildman–Crippen LogP) is 5.36. The van der Waals surface area contributed by atoms with Gasteiger partial charge in [-0.05, 0) is 24.6 Å². The molecule has 3 aromatic rings. The summed E-state index contributed by atoms with van der Waals surface area (Å²) < 4.78 is 16.6. The minimum Gasteiger partial charge on any atom is -0.488 e. The van der Waals surface area contributed by atoms with Crippen molar-refractivity contribution in [1.82, 2.24) is 0 Å². The first-order valence-electron chi connectivity index (χ1n) is 9.47. The number of esters is 1. The van der Waals surface area contributed by atoms with E-state index in [1.807, 2.05) is 43.3 Å². The van der Waals surface area contributed by atoms with E-state index in [4.69, 9.17) is 25.8 Å². The maximum Gasteiger partial charge on any atom is 0.338 e. The third-order valence-corrected chi connectivity index (χ3v) is 4.48. The molecule has 0 aromatic heterocycles. The van der Waals surface area contributed by atoms with Gasteiger partial charge in [0.05, 0.1) is 17.2 Å². The van der Waals surface area contributed by atoms with Crippen LogP contribution in [0.2, 0.25) is 5.02 Å². The molecule has 0 radical (unpaired) electrons. The van der Waals surface area contributed by atoms with Crippen LogP contribution in [-0.4, -0.2) is 25.0 Å². The summed E-state index contributed by atoms with van der Waals surface area (Å²) in [5.74, 6) is -0.281. The molecule has 154 valence electrons. The summed E-state index contributed by atoms with van der Waals surface area (Å²) in [6.45, 7) is 2.13. The summed E-state index contributed by atoms with van der Waals surface area (Å²) in [6.07, 6.45) is 0. The second kappa shape index (κ2) is 10.5. The molecule has 0 unspecified atom stereocenters. The molecule has 6 heteroatoms. The van der Waals surface area contributed by atoms with Gasteiger partial charge >= 0.3 is 5.97 Å². The Balaban J connectivity index is 1.74. The third kappa shape index (κ3) is 5.61. The van der Waals surface area contributed by atoms with Crippen LogP contribution >= 0.6 is 11.6 Å². The van der Waals surface area contributed by atoms with Crippen LogP contribution in [0.15, 0.2) is 72.8 Å². The molecule has 0 atom stereocenters. The van der Waals surface area contributed by atoms with Gasteiger partial charge in [0.1, 0.15) is 6.61 Å². The van der Waals surface area contributed by atoms with E-state index >= 15 is 0 Å². The summed E-state index contributed by atoms with van der Waals surface area (Å²) >= 11 is 6.32. The van der Waals surface area contributed by atoms with E-state index in [2.05, 4.69) is 0 Å². The monoisotopic (exact) mass is 424 g/mol. The van der Waals surface area contributed by atoms with Gasteiger partial charge in [-0.1, -0.05) is 72.3 Å². The zero-order valence-electron chi connectivity index (χ0n) is 16.5. The van der Waals surface area contributed by atoms with Gasteiger partial charge in [0, 0.05) is 5.56 Å². The Morgan fingerprint density at radius 2 is 1.53 bits per heavy atom. The molecule has 5 nitrogen and oxygen atoms in total. The van der Waals surface area contributed by atoms with Crippen LogP contribution in [0.3, 0.4) is 0 Å². The number of hydrogen-bond donors (Lipinski definition) is 0. The lowest BCUT2D eigenvalue weighted by Gasteiger charge is -2.15. The van der Waals surface area contributed by atoms with E-state index in [1.54, 1.807) is 24.3 Å². The van der Waals surface area contributed by atoms with Crippen LogP contribution in [0.25, 0.3) is 0 Å². The standard InChI is InChI=1S/C24H21ClO5/c1-2-28-23-20(25)13-19(14-22(23)29-15-17-9-5-3-6-10-17)24(27)30-16-21(26)18-11-7-4-8-12-18/h3-14H,2,15-16H2,1H3. The van der Waals surface area contributed by atoms with E-state index in [-0.39, 0.29) is 29.6 Å². The molecule has 0 amide bonds. The first-order chi connectivity index (χ1) is 14.6. The van der Waals surface area contributed by atoms with Gasteiger partial charge in [-0.2, -0.15) is 0 Å². The van der Waals surface area contributed by atoms with Crippen molar-refractivity contribution in [2.45, 2.75) is 13.5 Å². The highest BCUT2D eigenvalue weighted by atomic mass is 35.5. The number of carbonyl (C=O) groups excluding carboxylic acids is 2. The zero-order chi connectivity index (χ0) is 21.3. The molecular formula is C24H21ClO5. The lowest BCUT2D eigenvalue weighted by Crippen LogP contribution is -2.14. The van der Waals surface area contributed by atoms with Crippen LogP contribution in [0.4, 0.5) is 0 Å². The van der Waals surface area contributed by atoms with Crippen molar-refractivity contribution in [2.24, 2.45) is 0 Å². The Labute approximate surface area is 180 Å². The third-order valence-electron chi connectivity index (χ3n) is 4.20. The van der Waals surface area contributed by atoms with Gasteiger partial charge < -0.3 is 14.2 Å². The van der Waals surface area contributed by atoms with Crippen molar-refractivity contribution in [1.29, 1.82) is 0 Å². The number of carbonyl (C=O) groups is 2. The molecule has 0 aliphatic carbocycles. The van der Waals surface area contributed by atoms with Gasteiger partial charge in [0.2, 0.25) is 0 Å². The second-order valence-electron chi connectivity index (χ2n) is 6.36. The van der Waals surface area contributed by atoms with Gasteiger partial charge in [-0.25, -0.2) is 4.79 Å². The van der Waals surface area contributed by atoms with Crippen LogP contribution < -0.4 is 9.47 Å². The Hall–Kier alpha value is -3.31. The zero-order valence-corrected chi connectivity index (χ0v) is 17.2. The largest absolute Gasteiger partial charge is 0.488 e. The van der Waals surface area contributed by atoms with Crippen molar-refractivity contribution >= 4 is 23.4 Å². The Morgan fingerprint density at radius 3 is 2.20 bits per heavy atom. The van der Waals surface area contributed by atoms with E-state index in [9.17, 15) is 9.59 Å². The fraction of sp³-hybridized carbons (Fsp3) is 0.167. The van der Waals surface area contributed by atoms with Gasteiger partial charge in [0.25, 0.3) is 0 Å². The maximum atomic E-state index is 12.5. The minimum absolute atomic E-state index is 0.173. The fourth-order valence-corrected chi connectivity index (χ4v) is 3.00. The van der Waals surface area contributed by atoms with Crippen LogP contribution in [-0.2, 0) is 11.3 Å². The molecule has 0 aliphatic heterocycles. The highest BCUT2D eigenvalue weighted by Crippen LogP contribution is 2.37. The highest BCUT2D eigenvalue weighted by molar-refractivity contribution is 6.32. The lowest BCUT2D eigenvalue weighted by molar-refractivity contribution is 0.0474. The molecule has 3 rings (SSSR count). The molecule has 3 aromatic carbocycles. The van der Waals surface area contributed by atoms with E-state index in [1.165, 1.54) is 12.1 Å². The molecule has 0 heterocycles. The van der Waals surface area contributed by atoms with Crippen molar-refractivity contribution in [3.05, 3.63) is 94.5 Å². The number of hydrogen-bond acceptors (Lipinski definition) is 5. The SMILES string of the molecule is CCOc1c(Cl)cc(C(=O)OCC(=O)c2ccccc2)cc1OCc1ccccc1. The Morgan fingerprint density at radius 1 is 0.867 bits per heavy atom. The molecule has 0 saturated heterocycles. The van der Waals surface area contributed by atoms with Gasteiger partial charge in [-0.3, -0.25) is 4.79 Å². The molecule has 0 fully saturated rings. The van der Waals surface area contributed by atoms with Crippen LogP contribution in [0, 0.1) is 0 Å². The van der Waals surface area contributed by atoms with Crippen molar-refractivity contribution in [2.75, 3.05) is 13.2 Å². The topological polar surface area (TPSA) is 61.8 Å². The van der Waals surface area contributed by atoms with Crippen molar-refractivity contribution < 1.29 is 23.8 Å². The quantitative estimate of drug-likeness (QED) is 0.342. The number of ether oxygens (including phenoxy) is 3. The summed E-state index contributed by atoms with van der Waals surface area (Å²) in [5.41, 5.74) is 1.60. The van der Waals surface area contributed by atoms with Crippen LogP contribution in [0.5, 0.6) is 11.5 Å². The van der Waals surface area contributed by atoms with Gasteiger partial charge in [0.15, 0.2) is 23.9 Å². The number of halogens is 1. The molecule has 0 aliphatic rings.